The zero-order valence-corrected chi connectivity index (χ0v) is 11.7. The number of carbonyl (C=O) groups is 1. The average molecular weight is 261 g/mol. The molecule has 0 aliphatic carbocycles. The summed E-state index contributed by atoms with van der Waals surface area (Å²) in [6.07, 6.45) is 4.26. The van der Waals surface area contributed by atoms with Crippen LogP contribution < -0.4 is 5.73 Å². The van der Waals surface area contributed by atoms with Gasteiger partial charge in [-0.1, -0.05) is 6.92 Å². The summed E-state index contributed by atoms with van der Waals surface area (Å²) in [5, 5.41) is 0. The molecule has 3 unspecified atom stereocenters. The third kappa shape index (κ3) is 4.84. The number of hydrogen-bond acceptors (Lipinski definition) is 2. The maximum Gasteiger partial charge on any atom is 0.221 e. The van der Waals surface area contributed by atoms with Crippen LogP contribution in [0.1, 0.15) is 39.5 Å². The fourth-order valence-corrected chi connectivity index (χ4v) is 2.81. The maximum absolute atomic E-state index is 11.2. The van der Waals surface area contributed by atoms with Gasteiger partial charge < -0.3 is 5.73 Å². The molecule has 0 aromatic heterocycles. The van der Waals surface area contributed by atoms with Crippen LogP contribution in [0.4, 0.5) is 0 Å². The Hall–Kier alpha value is -0.280. The van der Waals surface area contributed by atoms with Gasteiger partial charge in [0.15, 0.2) is 0 Å². The van der Waals surface area contributed by atoms with Gasteiger partial charge in [0.05, 0.1) is 5.92 Å². The van der Waals surface area contributed by atoms with E-state index in [2.05, 4.69) is 18.7 Å². The van der Waals surface area contributed by atoms with Gasteiger partial charge in [0.2, 0.25) is 5.91 Å². The summed E-state index contributed by atoms with van der Waals surface area (Å²) in [7, 11) is 0. The fraction of sp³-hybridized carbons (Fsp3) is 0.923. The molecule has 3 atom stereocenters. The minimum absolute atomic E-state index is 0.0505. The molecule has 0 aromatic rings. The molecule has 0 saturated carbocycles. The molecule has 1 fully saturated rings. The molecule has 0 spiro atoms. The fourth-order valence-electron chi connectivity index (χ4n) is 2.44. The van der Waals surface area contributed by atoms with E-state index in [9.17, 15) is 4.79 Å². The average Bonchev–Trinajstić information content (AvgIpc) is 2.28. The molecule has 1 aliphatic rings. The second kappa shape index (κ2) is 7.22. The van der Waals surface area contributed by atoms with Crippen LogP contribution in [0.25, 0.3) is 0 Å². The van der Waals surface area contributed by atoms with Gasteiger partial charge in [0.1, 0.15) is 0 Å². The number of halogens is 1. The summed E-state index contributed by atoms with van der Waals surface area (Å²) in [5.74, 6) is 1.31. The number of carbonyl (C=O) groups excluding carboxylic acids is 1. The van der Waals surface area contributed by atoms with E-state index < -0.39 is 0 Å². The Kier molecular flexibility index (Phi) is 6.28. The number of nitrogens with zero attached hydrogens (tertiary/aromatic N) is 1. The highest BCUT2D eigenvalue weighted by Gasteiger charge is 2.28. The van der Waals surface area contributed by atoms with Crippen molar-refractivity contribution in [1.82, 2.24) is 4.90 Å². The van der Waals surface area contributed by atoms with E-state index in [1.54, 1.807) is 0 Å². The molecule has 3 nitrogen and oxygen atoms in total. The zero-order chi connectivity index (χ0) is 12.8. The second-order valence-corrected chi connectivity index (χ2v) is 5.77. The maximum atomic E-state index is 11.2. The number of alkyl halides is 1. The molecule has 2 N–H and O–H groups in total. The highest BCUT2D eigenvalue weighted by Crippen LogP contribution is 2.22. The van der Waals surface area contributed by atoms with E-state index in [-0.39, 0.29) is 11.8 Å². The molecule has 1 aliphatic heterocycles. The number of amides is 1. The quantitative estimate of drug-likeness (QED) is 0.745. The van der Waals surface area contributed by atoms with E-state index in [0.29, 0.717) is 12.0 Å². The van der Waals surface area contributed by atoms with Gasteiger partial charge in [0.25, 0.3) is 0 Å². The van der Waals surface area contributed by atoms with Gasteiger partial charge in [-0.3, -0.25) is 9.69 Å². The summed E-state index contributed by atoms with van der Waals surface area (Å²) in [6.45, 7) is 6.37. The van der Waals surface area contributed by atoms with E-state index in [0.717, 1.165) is 44.7 Å². The van der Waals surface area contributed by atoms with Crippen LogP contribution in [0.15, 0.2) is 0 Å². The Bertz CT molecular complexity index is 248. The molecule has 17 heavy (non-hydrogen) atoms. The van der Waals surface area contributed by atoms with Gasteiger partial charge in [-0.2, -0.15) is 0 Å². The van der Waals surface area contributed by atoms with E-state index in [1.807, 2.05) is 0 Å². The van der Waals surface area contributed by atoms with E-state index in [4.69, 9.17) is 17.3 Å². The van der Waals surface area contributed by atoms with Gasteiger partial charge in [-0.15, -0.1) is 11.6 Å². The van der Waals surface area contributed by atoms with Crippen molar-refractivity contribution in [3.05, 3.63) is 0 Å². The lowest BCUT2D eigenvalue weighted by Crippen LogP contribution is -2.46. The van der Waals surface area contributed by atoms with Crippen molar-refractivity contribution in [2.75, 3.05) is 19.0 Å². The first-order valence-electron chi connectivity index (χ1n) is 6.64. The van der Waals surface area contributed by atoms with E-state index in [1.165, 1.54) is 0 Å². The van der Waals surface area contributed by atoms with Crippen LogP contribution in [0.5, 0.6) is 0 Å². The molecule has 0 bridgehead atoms. The normalized spacial score (nSPS) is 27.9. The Morgan fingerprint density at radius 1 is 1.47 bits per heavy atom. The standard InChI is InChI=1S/C13H25ClN2O/c1-10(5-7-14)6-8-16-9-12(13(15)17)4-3-11(16)2/h10-12H,3-9H2,1-2H3,(H2,15,17). The number of primary amides is 1. The topological polar surface area (TPSA) is 46.3 Å². The third-order valence-corrected chi connectivity index (χ3v) is 4.14. The van der Waals surface area contributed by atoms with Crippen LogP contribution >= 0.6 is 11.6 Å². The summed E-state index contributed by atoms with van der Waals surface area (Å²) < 4.78 is 0. The van der Waals surface area contributed by atoms with Gasteiger partial charge in [0, 0.05) is 18.5 Å². The Balaban J connectivity index is 2.37. The smallest absolute Gasteiger partial charge is 0.221 e. The van der Waals surface area contributed by atoms with E-state index >= 15 is 0 Å². The second-order valence-electron chi connectivity index (χ2n) is 5.39. The third-order valence-electron chi connectivity index (χ3n) is 3.92. The number of nitrogens with two attached hydrogens (primary N) is 1. The molecular weight excluding hydrogens is 236 g/mol. The number of hydrogen-bond donors (Lipinski definition) is 1. The zero-order valence-electron chi connectivity index (χ0n) is 11.0. The van der Waals surface area contributed by atoms with Gasteiger partial charge in [-0.05, 0) is 45.1 Å². The molecule has 1 amide bonds. The van der Waals surface area contributed by atoms with Crippen molar-refractivity contribution >= 4 is 17.5 Å². The Morgan fingerprint density at radius 3 is 2.76 bits per heavy atom. The highest BCUT2D eigenvalue weighted by molar-refractivity contribution is 6.17. The summed E-state index contributed by atoms with van der Waals surface area (Å²) >= 11 is 5.74. The highest BCUT2D eigenvalue weighted by atomic mass is 35.5. The molecule has 1 heterocycles. The van der Waals surface area contributed by atoms with Crippen molar-refractivity contribution in [3.63, 3.8) is 0 Å². The summed E-state index contributed by atoms with van der Waals surface area (Å²) in [5.41, 5.74) is 5.40. The minimum Gasteiger partial charge on any atom is -0.369 e. The Morgan fingerprint density at radius 2 is 2.18 bits per heavy atom. The molecule has 100 valence electrons. The largest absolute Gasteiger partial charge is 0.369 e. The predicted octanol–water partition coefficient (Wildman–Crippen LogP) is 2.23. The summed E-state index contributed by atoms with van der Waals surface area (Å²) in [4.78, 5) is 13.6. The van der Waals surface area contributed by atoms with Crippen molar-refractivity contribution in [1.29, 1.82) is 0 Å². The molecule has 0 radical (unpaired) electrons. The van der Waals surface area contributed by atoms with Crippen molar-refractivity contribution in [2.45, 2.75) is 45.6 Å². The number of piperidine rings is 1. The lowest BCUT2D eigenvalue weighted by Gasteiger charge is -2.37. The van der Waals surface area contributed by atoms with Crippen molar-refractivity contribution < 1.29 is 4.79 Å². The van der Waals surface area contributed by atoms with Crippen LogP contribution in [-0.2, 0) is 4.79 Å². The minimum atomic E-state index is -0.143. The van der Waals surface area contributed by atoms with Crippen LogP contribution in [0.3, 0.4) is 0 Å². The number of rotatable bonds is 6. The first-order valence-corrected chi connectivity index (χ1v) is 7.17. The molecule has 1 rings (SSSR count). The monoisotopic (exact) mass is 260 g/mol. The first-order chi connectivity index (χ1) is 8.04. The summed E-state index contributed by atoms with van der Waals surface area (Å²) in [6, 6.07) is 0.578. The number of likely N-dealkylation sites (tertiary alicyclic amines) is 1. The molecule has 1 saturated heterocycles. The first kappa shape index (κ1) is 14.8. The van der Waals surface area contributed by atoms with Crippen molar-refractivity contribution in [2.24, 2.45) is 17.6 Å². The van der Waals surface area contributed by atoms with Gasteiger partial charge >= 0.3 is 0 Å². The lowest BCUT2D eigenvalue weighted by molar-refractivity contribution is -0.124. The predicted molar refractivity (Wildman–Crippen MR) is 72.1 cm³/mol. The molecule has 0 aromatic carbocycles. The lowest BCUT2D eigenvalue weighted by atomic mass is 9.92. The molecular formula is C13H25ClN2O. The van der Waals surface area contributed by atoms with Crippen molar-refractivity contribution in [3.8, 4) is 0 Å². The Labute approximate surface area is 110 Å². The van der Waals surface area contributed by atoms with Crippen LogP contribution in [0.2, 0.25) is 0 Å². The van der Waals surface area contributed by atoms with Crippen LogP contribution in [-0.4, -0.2) is 35.8 Å². The molecule has 4 heteroatoms. The van der Waals surface area contributed by atoms with Gasteiger partial charge in [-0.25, -0.2) is 0 Å². The SMILES string of the molecule is CC(CCCl)CCN1CC(C(N)=O)CCC1C. The van der Waals surface area contributed by atoms with Crippen LogP contribution in [0, 0.1) is 11.8 Å².